The zero-order valence-electron chi connectivity index (χ0n) is 53.2. The number of thioether (sulfide) groups is 2. The summed E-state index contributed by atoms with van der Waals surface area (Å²) in [6.45, 7) is 6.81. The molecule has 3 aliphatic rings. The molecule has 3 aliphatic heterocycles. The Bertz CT molecular complexity index is 3500. The summed E-state index contributed by atoms with van der Waals surface area (Å²) >= 11 is 3.20. The van der Waals surface area contributed by atoms with Crippen LogP contribution in [0.15, 0.2) is 103 Å². The van der Waals surface area contributed by atoms with E-state index in [4.69, 9.17) is 9.47 Å². The summed E-state index contributed by atoms with van der Waals surface area (Å²) in [5.74, 6) is -3.32. The Morgan fingerprint density at radius 2 is 1.39 bits per heavy atom. The van der Waals surface area contributed by atoms with Crippen molar-refractivity contribution in [3.05, 3.63) is 142 Å². The molecule has 1 aromatic heterocycles. The van der Waals surface area contributed by atoms with E-state index in [0.717, 1.165) is 16.7 Å². The number of allylic oxidation sites excluding steroid dienone is 1. The topological polar surface area (TPSA) is 279 Å². The number of nitrogens with zero attached hydrogens (tertiary/aromatic N) is 2. The molecule has 0 radical (unpaired) electrons. The van der Waals surface area contributed by atoms with E-state index in [2.05, 4.69) is 48.3 Å². The van der Waals surface area contributed by atoms with Gasteiger partial charge in [-0.05, 0) is 124 Å². The first-order valence-electron chi connectivity index (χ1n) is 31.2. The van der Waals surface area contributed by atoms with E-state index in [0.29, 0.717) is 88.6 Å². The summed E-state index contributed by atoms with van der Waals surface area (Å²) < 4.78 is 26.1. The van der Waals surface area contributed by atoms with Crippen molar-refractivity contribution in [1.82, 2.24) is 52.0 Å². The number of methoxy groups -OCH3 is 2. The van der Waals surface area contributed by atoms with Gasteiger partial charge >= 0.3 is 0 Å². The largest absolute Gasteiger partial charge is 0.497 e. The van der Waals surface area contributed by atoms with Crippen LogP contribution in [0, 0.1) is 5.82 Å². The first kappa shape index (κ1) is 69.7. The SMILES string of the molecule is COc1ccc(C[C@@H]2NC(=O)[C@H]([C@@H](C)OC)NC(=O)[C@@H]3CCC/C=C\c4cccc(c4)C[C@H](NC(=O)[C@@H](C)NC(=O)[C@H](C)NC(=O)CCSCc4cccc(c4)CSCCNC(=O)[C@]4(C)CCCN4C2=O)C(=O)N[C@@H](Cc2c[nH]c4ccc(F)cc24)C(=O)N3C)cc1. The fraction of sp³-hybridized carbons (Fsp3) is 0.456. The fourth-order valence-corrected chi connectivity index (χ4v) is 13.4. The number of aromatic amines is 1. The number of benzene rings is 4. The van der Waals surface area contributed by atoms with Crippen molar-refractivity contribution in [2.24, 2.45) is 0 Å². The predicted octanol–water partition coefficient (Wildman–Crippen LogP) is 5.42. The standard InChI is InChI=1S/C68H85FN10O11S2/c1-41-60(81)73-42(2)61(82)74-54-35-46-16-11-15-44(32-46)14-9-8-10-19-57(78(5)65(86)56(75-62(54)83)36-49-38-71-53-25-22-50(69)37-52(49)53)63(84)77-59(43(3)89-6)64(85)76-55(34-45-20-23-51(90-7)24-21-45)66(87)79-29-13-27-68(79,4)67(88)70-28-31-92-40-48-18-12-17-47(33-48)39-91-30-26-58(80)72-41/h9,11-12,14-18,20-25,32-33,37-38,41-43,54-57,59,71H,8,10,13,19,26-31,34-36,39-40H2,1-7H3,(H,70,88)(H,72,80)(H,73,81)(H,74,82)(H,75,83)(H,76,85)(H,77,84)/b14-9-/t41-,42+,43+,54-,55-,56-,57-,59-,68-/m0/s1. The molecule has 8 rings (SSSR count). The lowest BCUT2D eigenvalue weighted by molar-refractivity contribution is -0.147. The van der Waals surface area contributed by atoms with Crippen molar-refractivity contribution >= 4 is 93.7 Å². The van der Waals surface area contributed by atoms with Gasteiger partial charge in [-0.15, -0.1) is 0 Å². The highest BCUT2D eigenvalue weighted by Crippen LogP contribution is 2.31. The van der Waals surface area contributed by atoms with Gasteiger partial charge in [-0.25, -0.2) is 4.39 Å². The summed E-state index contributed by atoms with van der Waals surface area (Å²) in [6, 6.07) is 17.5. The van der Waals surface area contributed by atoms with Gasteiger partial charge in [0, 0.05) is 93.0 Å². The van der Waals surface area contributed by atoms with Gasteiger partial charge in [-0.3, -0.25) is 43.2 Å². The Balaban J connectivity index is 1.14. The Morgan fingerprint density at radius 3 is 2.13 bits per heavy atom. The number of hydrogen-bond acceptors (Lipinski definition) is 13. The average Bonchev–Trinajstić information content (AvgIpc) is 1.59. The predicted molar refractivity (Wildman–Crippen MR) is 353 cm³/mol. The van der Waals surface area contributed by atoms with Crippen LogP contribution in [0.2, 0.25) is 0 Å². The molecule has 0 unspecified atom stereocenters. The maximum absolute atomic E-state index is 15.4. The molecule has 5 aromatic rings. The van der Waals surface area contributed by atoms with E-state index in [1.165, 1.54) is 57.0 Å². The van der Waals surface area contributed by atoms with Crippen LogP contribution in [0.25, 0.3) is 17.0 Å². The second-order valence-corrected chi connectivity index (χ2v) is 26.1. The number of nitrogens with one attached hydrogen (secondary N) is 8. The minimum Gasteiger partial charge on any atom is -0.497 e. The molecular weight excluding hydrogens is 1220 g/mol. The third kappa shape index (κ3) is 18.5. The molecule has 92 heavy (non-hydrogen) atoms. The third-order valence-electron chi connectivity index (χ3n) is 17.2. The molecular formula is C68H85FN10O11S2. The van der Waals surface area contributed by atoms with Crippen molar-refractivity contribution in [1.29, 1.82) is 0 Å². The van der Waals surface area contributed by atoms with Gasteiger partial charge in [0.15, 0.2) is 0 Å². The van der Waals surface area contributed by atoms with Crippen molar-refractivity contribution in [3.63, 3.8) is 0 Å². The van der Waals surface area contributed by atoms with E-state index in [9.17, 15) is 23.6 Å². The average molecular weight is 1300 g/mol. The van der Waals surface area contributed by atoms with Gasteiger partial charge in [0.25, 0.3) is 0 Å². The molecule has 9 atom stereocenters. The van der Waals surface area contributed by atoms with E-state index in [1.807, 2.05) is 42.5 Å². The third-order valence-corrected chi connectivity index (χ3v) is 19.2. The van der Waals surface area contributed by atoms with Crippen LogP contribution in [0.5, 0.6) is 5.75 Å². The van der Waals surface area contributed by atoms with E-state index in [-0.39, 0.29) is 50.5 Å². The van der Waals surface area contributed by atoms with Crippen LogP contribution in [0.4, 0.5) is 4.39 Å². The summed E-state index contributed by atoms with van der Waals surface area (Å²) in [5, 5.41) is 20.3. The molecule has 6 bridgehead atoms. The molecule has 8 N–H and O–H groups in total. The number of carbonyl (C=O) groups is 9. The number of rotatable bonds is 7. The number of likely N-dealkylation sites (N-methyl/N-ethyl adjacent to an activating group) is 1. The van der Waals surface area contributed by atoms with Gasteiger partial charge in [-0.2, -0.15) is 23.5 Å². The number of H-pyrrole nitrogens is 1. The molecule has 24 heteroatoms. The Labute approximate surface area is 545 Å². The van der Waals surface area contributed by atoms with Crippen LogP contribution in [-0.4, -0.2) is 168 Å². The molecule has 0 spiro atoms. The van der Waals surface area contributed by atoms with E-state index in [1.54, 1.807) is 86.0 Å². The van der Waals surface area contributed by atoms with Crippen LogP contribution in [0.3, 0.4) is 0 Å². The lowest BCUT2D eigenvalue weighted by Crippen LogP contribution is -2.63. The van der Waals surface area contributed by atoms with Crippen molar-refractivity contribution in [2.45, 2.75) is 151 Å². The minimum absolute atomic E-state index is 0.00820. The highest BCUT2D eigenvalue weighted by Gasteiger charge is 2.48. The van der Waals surface area contributed by atoms with Crippen molar-refractivity contribution in [3.8, 4) is 5.75 Å². The van der Waals surface area contributed by atoms with Gasteiger partial charge in [0.1, 0.15) is 59.4 Å². The van der Waals surface area contributed by atoms with E-state index < -0.39 is 101 Å². The molecule has 4 heterocycles. The monoisotopic (exact) mass is 1300 g/mol. The maximum atomic E-state index is 15.4. The lowest BCUT2D eigenvalue weighted by Gasteiger charge is -2.37. The summed E-state index contributed by atoms with van der Waals surface area (Å²) in [7, 11) is 4.31. The van der Waals surface area contributed by atoms with Crippen molar-refractivity contribution < 1.29 is 57.0 Å². The number of fused-ring (bicyclic) bond motifs is 12. The lowest BCUT2D eigenvalue weighted by atomic mass is 9.95. The summed E-state index contributed by atoms with van der Waals surface area (Å²) in [4.78, 5) is 137. The number of ether oxygens (including phenoxy) is 2. The second-order valence-electron chi connectivity index (χ2n) is 23.9. The van der Waals surface area contributed by atoms with Crippen LogP contribution >= 0.6 is 23.5 Å². The molecule has 21 nitrogen and oxygen atoms in total. The highest BCUT2D eigenvalue weighted by atomic mass is 32.2. The maximum Gasteiger partial charge on any atom is 0.246 e. The number of amides is 9. The molecule has 9 amide bonds. The fourth-order valence-electron chi connectivity index (χ4n) is 11.7. The highest BCUT2D eigenvalue weighted by molar-refractivity contribution is 7.98. The second kappa shape index (κ2) is 32.9. The number of halogens is 1. The minimum atomic E-state index is -1.46. The summed E-state index contributed by atoms with van der Waals surface area (Å²) in [5.41, 5.74) is 3.96. The van der Waals surface area contributed by atoms with Gasteiger partial charge < -0.3 is 61.5 Å². The van der Waals surface area contributed by atoms with Gasteiger partial charge in [0.2, 0.25) is 53.2 Å². The molecule has 4 aromatic carbocycles. The van der Waals surface area contributed by atoms with Crippen LogP contribution in [-0.2, 0) is 78.7 Å². The number of carbonyl (C=O) groups excluding carboxylic acids is 9. The van der Waals surface area contributed by atoms with Gasteiger partial charge in [-0.1, -0.05) is 72.8 Å². The number of hydrogen-bond donors (Lipinski definition) is 8. The Kier molecular flexibility index (Phi) is 24.9. The molecule has 1 saturated heterocycles. The first-order valence-corrected chi connectivity index (χ1v) is 33.5. The summed E-state index contributed by atoms with van der Waals surface area (Å²) in [6.07, 6.45) is 5.93. The smallest absolute Gasteiger partial charge is 0.246 e. The van der Waals surface area contributed by atoms with Crippen molar-refractivity contribution in [2.75, 3.05) is 45.9 Å². The van der Waals surface area contributed by atoms with Crippen LogP contribution in [0.1, 0.15) is 99.6 Å². The molecule has 1 fully saturated rings. The molecule has 0 aliphatic carbocycles. The molecule has 492 valence electrons. The normalized spacial score (nSPS) is 25.4. The van der Waals surface area contributed by atoms with Gasteiger partial charge in [0.05, 0.1) is 13.2 Å². The Morgan fingerprint density at radius 1 is 0.707 bits per heavy atom. The number of aromatic nitrogens is 1. The zero-order valence-corrected chi connectivity index (χ0v) is 54.8. The Hall–Kier alpha value is -8.22. The molecule has 0 saturated carbocycles. The quantitative estimate of drug-likeness (QED) is 0.101. The first-order chi connectivity index (χ1) is 44.1. The van der Waals surface area contributed by atoms with Crippen LogP contribution < -0.4 is 42.0 Å². The van der Waals surface area contributed by atoms with E-state index >= 15 is 24.0 Å². The zero-order chi connectivity index (χ0) is 66.1.